The van der Waals surface area contributed by atoms with Gasteiger partial charge in [0, 0.05) is 30.3 Å². The first-order valence-corrected chi connectivity index (χ1v) is 8.08. The van der Waals surface area contributed by atoms with E-state index in [1.807, 2.05) is 13.8 Å². The summed E-state index contributed by atoms with van der Waals surface area (Å²) in [7, 11) is 0. The van der Waals surface area contributed by atoms with Crippen LogP contribution in [0, 0.1) is 5.82 Å². The molecule has 1 aromatic carbocycles. The fourth-order valence-electron chi connectivity index (χ4n) is 2.03. The van der Waals surface area contributed by atoms with Gasteiger partial charge in [0.05, 0.1) is 0 Å². The van der Waals surface area contributed by atoms with Crippen molar-refractivity contribution in [1.82, 2.24) is 4.90 Å². The molecule has 2 rings (SSSR count). The maximum Gasteiger partial charge on any atom is 0.336 e. The van der Waals surface area contributed by atoms with Gasteiger partial charge in [0.15, 0.2) is 0 Å². The zero-order valence-electron chi connectivity index (χ0n) is 11.9. The largest absolute Gasteiger partial charge is 0.423 e. The highest BCUT2D eigenvalue weighted by Gasteiger charge is 2.10. The number of thioether (sulfide) groups is 1. The third-order valence-corrected chi connectivity index (χ3v) is 4.74. The van der Waals surface area contributed by atoms with Gasteiger partial charge in [-0.05, 0) is 37.6 Å². The lowest BCUT2D eigenvalue weighted by Gasteiger charge is -2.20. The van der Waals surface area contributed by atoms with Crippen molar-refractivity contribution in [3.8, 4) is 0 Å². The van der Waals surface area contributed by atoms with Crippen LogP contribution in [0.1, 0.15) is 19.4 Å². The number of hydrogen-bond donors (Lipinski definition) is 0. The van der Waals surface area contributed by atoms with Crippen LogP contribution in [0.2, 0.25) is 0 Å². The summed E-state index contributed by atoms with van der Waals surface area (Å²) in [5, 5.41) is 0.615. The Labute approximate surface area is 132 Å². The zero-order chi connectivity index (χ0) is 15.4. The van der Waals surface area contributed by atoms with Crippen molar-refractivity contribution in [2.45, 2.75) is 19.6 Å². The van der Waals surface area contributed by atoms with Gasteiger partial charge in [-0.2, -0.15) is 0 Å². The summed E-state index contributed by atoms with van der Waals surface area (Å²) < 4.78 is 19.2. The molecule has 0 fully saturated rings. The number of rotatable bonds is 4. The second-order valence-electron chi connectivity index (χ2n) is 4.46. The fraction of sp³-hybridized carbons (Fsp3) is 0.333. The van der Waals surface area contributed by atoms with E-state index in [2.05, 4.69) is 4.90 Å². The van der Waals surface area contributed by atoms with Crippen LogP contribution in [0.4, 0.5) is 4.39 Å². The van der Waals surface area contributed by atoms with Gasteiger partial charge in [0.1, 0.15) is 15.7 Å². The first-order valence-electron chi connectivity index (χ1n) is 6.69. The number of benzene rings is 1. The van der Waals surface area contributed by atoms with Crippen molar-refractivity contribution < 1.29 is 8.81 Å². The van der Waals surface area contributed by atoms with E-state index in [1.54, 1.807) is 0 Å². The molecule has 2 aromatic rings. The predicted octanol–water partition coefficient (Wildman–Crippen LogP) is 3.79. The molecule has 0 saturated carbocycles. The third kappa shape index (κ3) is 3.83. The maximum atomic E-state index is 13.4. The molecule has 0 spiro atoms. The maximum absolute atomic E-state index is 13.4. The molecule has 0 radical (unpaired) electrons. The number of halogens is 1. The highest BCUT2D eigenvalue weighted by Crippen LogP contribution is 2.23. The molecule has 0 saturated heterocycles. The fourth-order valence-corrected chi connectivity index (χ4v) is 3.43. The summed E-state index contributed by atoms with van der Waals surface area (Å²) in [6, 6.07) is 5.54. The van der Waals surface area contributed by atoms with Crippen molar-refractivity contribution in [2.75, 3.05) is 13.1 Å². The number of nitrogens with zero attached hydrogens (tertiary/aromatic N) is 1. The van der Waals surface area contributed by atoms with Crippen LogP contribution < -0.4 is 5.63 Å². The molecule has 112 valence electrons. The lowest BCUT2D eigenvalue weighted by Crippen LogP contribution is -2.26. The molecule has 0 aliphatic heterocycles. The summed E-state index contributed by atoms with van der Waals surface area (Å²) in [6.45, 7) is 5.76. The van der Waals surface area contributed by atoms with E-state index < -0.39 is 5.63 Å². The quantitative estimate of drug-likeness (QED) is 0.631. The molecule has 1 aromatic heterocycles. The van der Waals surface area contributed by atoms with E-state index in [-0.39, 0.29) is 5.82 Å². The zero-order valence-corrected chi connectivity index (χ0v) is 13.5. The molecule has 0 aliphatic rings. The Kier molecular flexibility index (Phi) is 5.36. The Hall–Kier alpha value is -1.40. The van der Waals surface area contributed by atoms with Gasteiger partial charge in [-0.25, -0.2) is 9.18 Å². The topological polar surface area (TPSA) is 33.5 Å². The first-order chi connectivity index (χ1) is 10.0. The Balaban J connectivity index is 2.27. The van der Waals surface area contributed by atoms with Gasteiger partial charge < -0.3 is 9.32 Å². The molecule has 1 heterocycles. The van der Waals surface area contributed by atoms with Gasteiger partial charge in [0.25, 0.3) is 0 Å². The average molecular weight is 325 g/mol. The monoisotopic (exact) mass is 325 g/mol. The minimum atomic E-state index is -0.432. The number of fused-ring (bicyclic) bond motifs is 1. The first kappa shape index (κ1) is 16.0. The van der Waals surface area contributed by atoms with Crippen LogP contribution in [-0.2, 0) is 5.75 Å². The van der Waals surface area contributed by atoms with Crippen LogP contribution in [0.5, 0.6) is 0 Å². The summed E-state index contributed by atoms with van der Waals surface area (Å²) in [4.78, 5) is 13.6. The van der Waals surface area contributed by atoms with Crippen molar-refractivity contribution >= 4 is 39.3 Å². The van der Waals surface area contributed by atoms with E-state index >= 15 is 0 Å². The SMILES string of the molecule is CCN(CC)C(=S)SCc1cc(=O)oc2ccc(F)cc12. The third-order valence-electron chi connectivity index (χ3n) is 3.16. The van der Waals surface area contributed by atoms with Crippen LogP contribution >= 0.6 is 24.0 Å². The molecule has 0 atom stereocenters. The lowest BCUT2D eigenvalue weighted by molar-refractivity contribution is 0.482. The normalized spacial score (nSPS) is 10.8. The average Bonchev–Trinajstić information content (AvgIpc) is 2.46. The lowest BCUT2D eigenvalue weighted by atomic mass is 10.1. The van der Waals surface area contributed by atoms with Gasteiger partial charge in [-0.1, -0.05) is 24.0 Å². The van der Waals surface area contributed by atoms with E-state index in [0.717, 1.165) is 23.0 Å². The standard InChI is InChI=1S/C15H16FNO2S2/c1-3-17(4-2)15(20)21-9-10-7-14(18)19-13-6-5-11(16)8-12(10)13/h5-8H,3-4,9H2,1-2H3. The van der Waals surface area contributed by atoms with Crippen molar-refractivity contribution in [3.63, 3.8) is 0 Å². The smallest absolute Gasteiger partial charge is 0.336 e. The predicted molar refractivity (Wildman–Crippen MR) is 89.3 cm³/mol. The van der Waals surface area contributed by atoms with Crippen molar-refractivity contribution in [3.05, 3.63) is 46.1 Å². The second-order valence-corrected chi connectivity index (χ2v) is 6.07. The van der Waals surface area contributed by atoms with Crippen molar-refractivity contribution in [1.29, 1.82) is 0 Å². The highest BCUT2D eigenvalue weighted by molar-refractivity contribution is 8.22. The number of thiocarbonyl (C=S) groups is 1. The van der Waals surface area contributed by atoms with Crippen LogP contribution in [0.3, 0.4) is 0 Å². The summed E-state index contributed by atoms with van der Waals surface area (Å²) in [6.07, 6.45) is 0. The molecule has 0 N–H and O–H groups in total. The Bertz CT molecular complexity index is 710. The molecule has 0 unspecified atom stereocenters. The van der Waals surface area contributed by atoms with Crippen LogP contribution in [-0.4, -0.2) is 22.3 Å². The van der Waals surface area contributed by atoms with Crippen LogP contribution in [0.25, 0.3) is 11.0 Å². The molecular formula is C15H16FNO2S2. The van der Waals surface area contributed by atoms with Gasteiger partial charge in [-0.3, -0.25) is 0 Å². The molecule has 0 bridgehead atoms. The summed E-state index contributed by atoms with van der Waals surface area (Å²) in [5.74, 6) is 0.162. The highest BCUT2D eigenvalue weighted by atomic mass is 32.2. The molecule has 6 heteroatoms. The van der Waals surface area contributed by atoms with E-state index in [1.165, 1.54) is 36.0 Å². The van der Waals surface area contributed by atoms with E-state index in [9.17, 15) is 9.18 Å². The molecular weight excluding hydrogens is 309 g/mol. The number of hydrogen-bond acceptors (Lipinski definition) is 4. The second kappa shape index (κ2) is 7.04. The van der Waals surface area contributed by atoms with E-state index in [0.29, 0.717) is 16.7 Å². The molecule has 0 aliphatic carbocycles. The Morgan fingerprint density at radius 3 is 2.71 bits per heavy atom. The van der Waals surface area contributed by atoms with Gasteiger partial charge >= 0.3 is 5.63 Å². The minimum absolute atomic E-state index is 0.353. The molecule has 3 nitrogen and oxygen atoms in total. The minimum Gasteiger partial charge on any atom is -0.423 e. The van der Waals surface area contributed by atoms with Crippen LogP contribution in [0.15, 0.2) is 33.5 Å². The van der Waals surface area contributed by atoms with E-state index in [4.69, 9.17) is 16.6 Å². The molecule has 0 amide bonds. The van der Waals surface area contributed by atoms with Crippen molar-refractivity contribution in [2.24, 2.45) is 0 Å². The Morgan fingerprint density at radius 2 is 2.05 bits per heavy atom. The van der Waals surface area contributed by atoms with Gasteiger partial charge in [0.2, 0.25) is 0 Å². The summed E-state index contributed by atoms with van der Waals surface area (Å²) in [5.41, 5.74) is 0.701. The Morgan fingerprint density at radius 1 is 1.33 bits per heavy atom. The van der Waals surface area contributed by atoms with Gasteiger partial charge in [-0.15, -0.1) is 0 Å². The molecule has 21 heavy (non-hydrogen) atoms. The summed E-state index contributed by atoms with van der Waals surface area (Å²) >= 11 is 6.84.